The van der Waals surface area contributed by atoms with Crippen molar-refractivity contribution in [3.05, 3.63) is 54.0 Å². The zero-order chi connectivity index (χ0) is 19.4. The first kappa shape index (κ1) is 18.4. The van der Waals surface area contributed by atoms with Gasteiger partial charge < -0.3 is 14.8 Å². The number of hydrogen-bond acceptors (Lipinski definition) is 8. The molecule has 0 radical (unpaired) electrons. The second-order valence-electron chi connectivity index (χ2n) is 5.85. The number of ether oxygens (including phenoxy) is 2. The monoisotopic (exact) mass is 367 g/mol. The Morgan fingerprint density at radius 2 is 1.78 bits per heavy atom. The molecule has 0 amide bonds. The number of rotatable bonds is 6. The number of benzene rings is 1. The summed E-state index contributed by atoms with van der Waals surface area (Å²) in [4.78, 5) is 13.0. The molecule has 0 spiro atoms. The third kappa shape index (κ3) is 4.24. The van der Waals surface area contributed by atoms with E-state index in [4.69, 9.17) is 9.47 Å². The maximum absolute atomic E-state index is 10.7. The standard InChI is InChI=1S/C19H21N5O3/c1-12-5-6-14(11-20-12)22-19-21-13(2)9-18(23-19)24(25)16-8-7-15(26-3)10-17(16)27-4/h5-11,25H,1-4H3,(H,21,22,23). The molecule has 27 heavy (non-hydrogen) atoms. The Hall–Kier alpha value is -3.39. The van der Waals surface area contributed by atoms with Crippen LogP contribution in [0, 0.1) is 13.8 Å². The fourth-order valence-electron chi connectivity index (χ4n) is 2.47. The summed E-state index contributed by atoms with van der Waals surface area (Å²) in [5, 5.41) is 14.7. The first-order valence-electron chi connectivity index (χ1n) is 8.26. The summed E-state index contributed by atoms with van der Waals surface area (Å²) in [5.74, 6) is 1.72. The molecule has 3 aromatic rings. The van der Waals surface area contributed by atoms with E-state index in [9.17, 15) is 5.21 Å². The molecule has 1 aromatic carbocycles. The number of aromatic nitrogens is 3. The van der Waals surface area contributed by atoms with Gasteiger partial charge >= 0.3 is 0 Å². The van der Waals surface area contributed by atoms with E-state index in [-0.39, 0.29) is 0 Å². The average Bonchev–Trinajstić information content (AvgIpc) is 2.68. The van der Waals surface area contributed by atoms with Gasteiger partial charge in [0.25, 0.3) is 0 Å². The molecule has 0 atom stereocenters. The van der Waals surface area contributed by atoms with Crippen LogP contribution in [0.1, 0.15) is 11.4 Å². The highest BCUT2D eigenvalue weighted by atomic mass is 16.5. The fraction of sp³-hybridized carbons (Fsp3) is 0.211. The summed E-state index contributed by atoms with van der Waals surface area (Å²) in [7, 11) is 3.09. The Balaban J connectivity index is 1.92. The summed E-state index contributed by atoms with van der Waals surface area (Å²) in [6.07, 6.45) is 1.70. The molecule has 0 fully saturated rings. The second-order valence-corrected chi connectivity index (χ2v) is 5.85. The number of methoxy groups -OCH3 is 2. The van der Waals surface area contributed by atoms with Crippen molar-refractivity contribution in [2.75, 3.05) is 24.6 Å². The van der Waals surface area contributed by atoms with Crippen molar-refractivity contribution in [3.8, 4) is 11.5 Å². The van der Waals surface area contributed by atoms with E-state index < -0.39 is 0 Å². The Bertz CT molecular complexity index is 931. The van der Waals surface area contributed by atoms with Gasteiger partial charge in [-0.2, -0.15) is 4.98 Å². The van der Waals surface area contributed by atoms with Crippen molar-refractivity contribution in [1.82, 2.24) is 15.0 Å². The molecule has 140 valence electrons. The van der Waals surface area contributed by atoms with Crippen LogP contribution in [0.15, 0.2) is 42.6 Å². The maximum Gasteiger partial charge on any atom is 0.229 e. The van der Waals surface area contributed by atoms with E-state index in [0.29, 0.717) is 34.6 Å². The summed E-state index contributed by atoms with van der Waals surface area (Å²) in [6.45, 7) is 3.74. The van der Waals surface area contributed by atoms with Crippen molar-refractivity contribution < 1.29 is 14.7 Å². The minimum Gasteiger partial charge on any atom is -0.497 e. The lowest BCUT2D eigenvalue weighted by atomic mass is 10.2. The van der Waals surface area contributed by atoms with Crippen LogP contribution in [0.2, 0.25) is 0 Å². The van der Waals surface area contributed by atoms with Gasteiger partial charge in [-0.15, -0.1) is 0 Å². The van der Waals surface area contributed by atoms with Gasteiger partial charge in [0.05, 0.1) is 26.1 Å². The van der Waals surface area contributed by atoms with Gasteiger partial charge in [0.1, 0.15) is 17.2 Å². The molecule has 0 saturated heterocycles. The number of hydrogen-bond donors (Lipinski definition) is 2. The first-order valence-corrected chi connectivity index (χ1v) is 8.26. The molecule has 2 aromatic heterocycles. The van der Waals surface area contributed by atoms with Gasteiger partial charge in [-0.1, -0.05) is 0 Å². The van der Waals surface area contributed by atoms with Crippen molar-refractivity contribution in [1.29, 1.82) is 0 Å². The van der Waals surface area contributed by atoms with Gasteiger partial charge in [0.15, 0.2) is 5.82 Å². The predicted molar refractivity (Wildman–Crippen MR) is 102 cm³/mol. The van der Waals surface area contributed by atoms with E-state index in [2.05, 4.69) is 20.3 Å². The minimum atomic E-state index is 0.300. The maximum atomic E-state index is 10.7. The van der Waals surface area contributed by atoms with Crippen LogP contribution in [0.25, 0.3) is 0 Å². The first-order chi connectivity index (χ1) is 13.0. The SMILES string of the molecule is COc1ccc(N(O)c2cc(C)nc(Nc3ccc(C)nc3)n2)c(OC)c1. The lowest BCUT2D eigenvalue weighted by molar-refractivity contribution is 0.291. The quantitative estimate of drug-likeness (QED) is 0.636. The van der Waals surface area contributed by atoms with Crippen molar-refractivity contribution in [2.24, 2.45) is 0 Å². The number of anilines is 4. The number of aryl methyl sites for hydroxylation is 2. The van der Waals surface area contributed by atoms with Crippen LogP contribution in [-0.4, -0.2) is 34.4 Å². The summed E-state index contributed by atoms with van der Waals surface area (Å²) >= 11 is 0. The fourth-order valence-corrected chi connectivity index (χ4v) is 2.47. The average molecular weight is 367 g/mol. The molecular weight excluding hydrogens is 346 g/mol. The lowest BCUT2D eigenvalue weighted by Crippen LogP contribution is -2.15. The Morgan fingerprint density at radius 1 is 0.963 bits per heavy atom. The van der Waals surface area contributed by atoms with Gasteiger partial charge in [-0.3, -0.25) is 10.2 Å². The topological polar surface area (TPSA) is 92.6 Å². The van der Waals surface area contributed by atoms with Crippen molar-refractivity contribution in [2.45, 2.75) is 13.8 Å². The van der Waals surface area contributed by atoms with Gasteiger partial charge in [0, 0.05) is 23.5 Å². The van der Waals surface area contributed by atoms with Crippen molar-refractivity contribution >= 4 is 23.1 Å². The third-order valence-corrected chi connectivity index (χ3v) is 3.84. The minimum absolute atomic E-state index is 0.300. The van der Waals surface area contributed by atoms with Gasteiger partial charge in [-0.05, 0) is 38.1 Å². The Morgan fingerprint density at radius 3 is 2.44 bits per heavy atom. The highest BCUT2D eigenvalue weighted by Crippen LogP contribution is 2.35. The Labute approximate surface area is 157 Å². The molecule has 0 aliphatic rings. The van der Waals surface area contributed by atoms with E-state index >= 15 is 0 Å². The van der Waals surface area contributed by atoms with Crippen LogP contribution in [0.4, 0.5) is 23.1 Å². The van der Waals surface area contributed by atoms with Crippen LogP contribution in [-0.2, 0) is 0 Å². The molecule has 2 N–H and O–H groups in total. The van der Waals surface area contributed by atoms with E-state index in [1.54, 1.807) is 37.6 Å². The van der Waals surface area contributed by atoms with Crippen LogP contribution >= 0.6 is 0 Å². The highest BCUT2D eigenvalue weighted by Gasteiger charge is 2.16. The smallest absolute Gasteiger partial charge is 0.229 e. The zero-order valence-corrected chi connectivity index (χ0v) is 15.6. The number of pyridine rings is 1. The summed E-state index contributed by atoms with van der Waals surface area (Å²) < 4.78 is 10.5. The molecular formula is C19H21N5O3. The van der Waals surface area contributed by atoms with Gasteiger partial charge in [-0.25, -0.2) is 10.0 Å². The van der Waals surface area contributed by atoms with E-state index in [0.717, 1.165) is 16.4 Å². The van der Waals surface area contributed by atoms with Crippen molar-refractivity contribution in [3.63, 3.8) is 0 Å². The van der Waals surface area contributed by atoms with Crippen LogP contribution < -0.4 is 19.9 Å². The largest absolute Gasteiger partial charge is 0.497 e. The second kappa shape index (κ2) is 7.88. The zero-order valence-electron chi connectivity index (χ0n) is 15.6. The van der Waals surface area contributed by atoms with Gasteiger partial charge in [0.2, 0.25) is 5.95 Å². The summed E-state index contributed by atoms with van der Waals surface area (Å²) in [6, 6.07) is 10.5. The normalized spacial score (nSPS) is 10.4. The molecule has 0 unspecified atom stereocenters. The molecule has 0 aliphatic carbocycles. The van der Waals surface area contributed by atoms with Crippen LogP contribution in [0.3, 0.4) is 0 Å². The lowest BCUT2D eigenvalue weighted by Gasteiger charge is -2.20. The number of nitrogens with zero attached hydrogens (tertiary/aromatic N) is 4. The predicted octanol–water partition coefficient (Wildman–Crippen LogP) is 3.78. The molecule has 0 bridgehead atoms. The molecule has 0 saturated carbocycles. The molecule has 2 heterocycles. The molecule has 8 heteroatoms. The summed E-state index contributed by atoms with van der Waals surface area (Å²) in [5.41, 5.74) is 2.79. The number of nitrogens with one attached hydrogen (secondary N) is 1. The van der Waals surface area contributed by atoms with Crippen LogP contribution in [0.5, 0.6) is 11.5 Å². The van der Waals surface area contributed by atoms with E-state index in [1.807, 2.05) is 26.0 Å². The van der Waals surface area contributed by atoms with E-state index in [1.165, 1.54) is 7.11 Å². The highest BCUT2D eigenvalue weighted by molar-refractivity contribution is 5.67. The third-order valence-electron chi connectivity index (χ3n) is 3.84. The molecule has 3 rings (SSSR count). The Kier molecular flexibility index (Phi) is 5.37. The molecule has 8 nitrogen and oxygen atoms in total. The molecule has 0 aliphatic heterocycles.